The molecule has 2 aromatic rings. The van der Waals surface area contributed by atoms with Crippen molar-refractivity contribution in [3.05, 3.63) is 65.7 Å². The van der Waals surface area contributed by atoms with Gasteiger partial charge < -0.3 is 15.0 Å². The van der Waals surface area contributed by atoms with Crippen molar-refractivity contribution >= 4 is 11.8 Å². The Morgan fingerprint density at radius 3 is 2.33 bits per heavy atom. The molecule has 0 bridgehead atoms. The van der Waals surface area contributed by atoms with E-state index < -0.39 is 0 Å². The minimum absolute atomic E-state index is 0.0302. The number of carbonyl (C=O) groups excluding carboxylic acids is 2. The molecule has 144 valence electrons. The molecule has 1 N–H and O–H groups in total. The molecule has 0 aliphatic carbocycles. The average molecular weight is 368 g/mol. The monoisotopic (exact) mass is 368 g/mol. The van der Waals surface area contributed by atoms with Crippen molar-refractivity contribution in [1.82, 2.24) is 10.2 Å². The summed E-state index contributed by atoms with van der Waals surface area (Å²) < 4.78 is 5.13. The third-order valence-corrected chi connectivity index (χ3v) is 4.63. The number of carbonyl (C=O) groups is 2. The highest BCUT2D eigenvalue weighted by Crippen LogP contribution is 2.20. The van der Waals surface area contributed by atoms with Crippen molar-refractivity contribution in [1.29, 1.82) is 0 Å². The third kappa shape index (κ3) is 6.44. The molecule has 0 fully saturated rings. The largest absolute Gasteiger partial charge is 0.497 e. The third-order valence-electron chi connectivity index (χ3n) is 4.63. The zero-order chi connectivity index (χ0) is 19.6. The molecule has 0 aliphatic heterocycles. The molecule has 27 heavy (non-hydrogen) atoms. The van der Waals surface area contributed by atoms with E-state index in [1.54, 1.807) is 18.9 Å². The number of methoxy groups -OCH3 is 1. The van der Waals surface area contributed by atoms with E-state index in [1.165, 1.54) is 0 Å². The molecule has 5 nitrogen and oxygen atoms in total. The summed E-state index contributed by atoms with van der Waals surface area (Å²) in [7, 11) is 1.64. The number of nitrogens with zero attached hydrogens (tertiary/aromatic N) is 1. The van der Waals surface area contributed by atoms with Crippen molar-refractivity contribution in [2.75, 3.05) is 20.2 Å². The first-order valence-corrected chi connectivity index (χ1v) is 9.23. The van der Waals surface area contributed by atoms with E-state index in [-0.39, 0.29) is 17.9 Å². The zero-order valence-electron chi connectivity index (χ0n) is 16.3. The molecule has 2 amide bonds. The maximum absolute atomic E-state index is 12.2. The van der Waals surface area contributed by atoms with Crippen LogP contribution in [0, 0.1) is 0 Å². The van der Waals surface area contributed by atoms with Gasteiger partial charge in [-0.3, -0.25) is 9.59 Å². The Labute approximate surface area is 161 Å². The average Bonchev–Trinajstić information content (AvgIpc) is 2.69. The lowest BCUT2D eigenvalue weighted by molar-refractivity contribution is -0.131. The van der Waals surface area contributed by atoms with Crippen molar-refractivity contribution in [3.8, 4) is 5.75 Å². The first kappa shape index (κ1) is 20.5. The van der Waals surface area contributed by atoms with Crippen LogP contribution in [0.3, 0.4) is 0 Å². The van der Waals surface area contributed by atoms with Crippen LogP contribution in [0.1, 0.15) is 37.4 Å². The number of hydrogen-bond acceptors (Lipinski definition) is 3. The van der Waals surface area contributed by atoms with Gasteiger partial charge in [-0.05, 0) is 36.6 Å². The fourth-order valence-corrected chi connectivity index (χ4v) is 2.98. The Morgan fingerprint density at radius 2 is 1.74 bits per heavy atom. The van der Waals surface area contributed by atoms with Gasteiger partial charge in [-0.2, -0.15) is 0 Å². The summed E-state index contributed by atoms with van der Waals surface area (Å²) in [5.41, 5.74) is 2.20. The van der Waals surface area contributed by atoms with Crippen LogP contribution in [0.25, 0.3) is 0 Å². The molecule has 5 heteroatoms. The van der Waals surface area contributed by atoms with Gasteiger partial charge in [0.2, 0.25) is 11.8 Å². The highest BCUT2D eigenvalue weighted by molar-refractivity contribution is 5.78. The van der Waals surface area contributed by atoms with Crippen LogP contribution in [-0.4, -0.2) is 36.9 Å². The second-order valence-corrected chi connectivity index (χ2v) is 6.50. The fraction of sp³-hybridized carbons (Fsp3) is 0.364. The van der Waals surface area contributed by atoms with Crippen LogP contribution in [0.4, 0.5) is 0 Å². The molecule has 0 radical (unpaired) electrons. The van der Waals surface area contributed by atoms with E-state index in [9.17, 15) is 9.59 Å². The van der Waals surface area contributed by atoms with Crippen LogP contribution < -0.4 is 10.1 Å². The predicted molar refractivity (Wildman–Crippen MR) is 107 cm³/mol. The van der Waals surface area contributed by atoms with E-state index in [0.29, 0.717) is 19.5 Å². The Bertz CT molecular complexity index is 729. The van der Waals surface area contributed by atoms with Gasteiger partial charge in [0.15, 0.2) is 0 Å². The van der Waals surface area contributed by atoms with Crippen LogP contribution in [0.15, 0.2) is 54.6 Å². The molecule has 0 saturated heterocycles. The molecular weight excluding hydrogens is 340 g/mol. The van der Waals surface area contributed by atoms with Gasteiger partial charge in [0, 0.05) is 26.4 Å². The van der Waals surface area contributed by atoms with Gasteiger partial charge in [-0.1, -0.05) is 42.5 Å². The van der Waals surface area contributed by atoms with Gasteiger partial charge >= 0.3 is 0 Å². The maximum atomic E-state index is 12.2. The Hall–Kier alpha value is -2.82. The highest BCUT2D eigenvalue weighted by atomic mass is 16.5. The molecule has 1 unspecified atom stereocenters. The number of nitrogens with one attached hydrogen (secondary N) is 1. The Balaban J connectivity index is 1.78. The molecule has 0 saturated carbocycles. The van der Waals surface area contributed by atoms with Crippen molar-refractivity contribution in [2.24, 2.45) is 0 Å². The minimum atomic E-state index is -0.0594. The van der Waals surface area contributed by atoms with Gasteiger partial charge in [0.25, 0.3) is 0 Å². The second kappa shape index (κ2) is 10.4. The summed E-state index contributed by atoms with van der Waals surface area (Å²) in [6, 6.07) is 17.6. The molecule has 2 rings (SSSR count). The normalized spacial score (nSPS) is 11.5. The summed E-state index contributed by atoms with van der Waals surface area (Å²) in [6.45, 7) is 4.50. The van der Waals surface area contributed by atoms with E-state index in [0.717, 1.165) is 23.3 Å². The lowest BCUT2D eigenvalue weighted by Gasteiger charge is -2.28. The molecule has 0 aromatic heterocycles. The van der Waals surface area contributed by atoms with Gasteiger partial charge in [0.1, 0.15) is 5.75 Å². The quantitative estimate of drug-likeness (QED) is 0.738. The van der Waals surface area contributed by atoms with E-state index >= 15 is 0 Å². The molecule has 0 heterocycles. The summed E-state index contributed by atoms with van der Waals surface area (Å²) in [5.74, 6) is 0.743. The predicted octanol–water partition coefficient (Wildman–Crippen LogP) is 3.35. The smallest absolute Gasteiger partial charge is 0.221 e. The van der Waals surface area contributed by atoms with Gasteiger partial charge in [-0.25, -0.2) is 0 Å². The van der Waals surface area contributed by atoms with Crippen LogP contribution in [-0.2, 0) is 16.0 Å². The SMILES string of the molecule is COc1ccc(CCNC(=O)CCN(C(C)=O)C(C)c2ccccc2)cc1. The van der Waals surface area contributed by atoms with E-state index in [4.69, 9.17) is 4.74 Å². The number of rotatable bonds is 9. The van der Waals surface area contributed by atoms with Gasteiger partial charge in [-0.15, -0.1) is 0 Å². The standard InChI is InChI=1S/C22H28N2O3/c1-17(20-7-5-4-6-8-20)24(18(2)25)16-14-22(26)23-15-13-19-9-11-21(27-3)12-10-19/h4-12,17H,13-16H2,1-3H3,(H,23,26). The topological polar surface area (TPSA) is 58.6 Å². The van der Waals surface area contributed by atoms with E-state index in [2.05, 4.69) is 5.32 Å². The maximum Gasteiger partial charge on any atom is 0.221 e. The lowest BCUT2D eigenvalue weighted by Crippen LogP contribution is -2.36. The molecule has 1 atom stereocenters. The first-order chi connectivity index (χ1) is 13.0. The van der Waals surface area contributed by atoms with Crippen molar-refractivity contribution in [3.63, 3.8) is 0 Å². The van der Waals surface area contributed by atoms with Gasteiger partial charge in [0.05, 0.1) is 13.2 Å². The molecule has 2 aromatic carbocycles. The Morgan fingerprint density at radius 1 is 1.07 bits per heavy atom. The first-order valence-electron chi connectivity index (χ1n) is 9.23. The lowest BCUT2D eigenvalue weighted by atomic mass is 10.1. The number of benzene rings is 2. The summed E-state index contributed by atoms with van der Waals surface area (Å²) in [6.07, 6.45) is 1.05. The van der Waals surface area contributed by atoms with Crippen LogP contribution in [0.5, 0.6) is 5.75 Å². The number of amides is 2. The highest BCUT2D eigenvalue weighted by Gasteiger charge is 2.19. The second-order valence-electron chi connectivity index (χ2n) is 6.50. The van der Waals surface area contributed by atoms with Crippen LogP contribution in [0.2, 0.25) is 0 Å². The summed E-state index contributed by atoms with van der Waals surface area (Å²) in [5, 5.41) is 2.92. The number of hydrogen-bond donors (Lipinski definition) is 1. The minimum Gasteiger partial charge on any atom is -0.497 e. The fourth-order valence-electron chi connectivity index (χ4n) is 2.98. The number of ether oxygens (including phenoxy) is 1. The summed E-state index contributed by atoms with van der Waals surface area (Å²) in [4.78, 5) is 25.9. The zero-order valence-corrected chi connectivity index (χ0v) is 16.3. The summed E-state index contributed by atoms with van der Waals surface area (Å²) >= 11 is 0. The van der Waals surface area contributed by atoms with E-state index in [1.807, 2.05) is 61.5 Å². The molecule has 0 spiro atoms. The van der Waals surface area contributed by atoms with Crippen molar-refractivity contribution in [2.45, 2.75) is 32.7 Å². The Kier molecular flexibility index (Phi) is 7.86. The molecular formula is C22H28N2O3. The van der Waals surface area contributed by atoms with Crippen LogP contribution >= 0.6 is 0 Å². The molecule has 0 aliphatic rings. The van der Waals surface area contributed by atoms with Crippen molar-refractivity contribution < 1.29 is 14.3 Å².